The topological polar surface area (TPSA) is 64.2 Å². The minimum Gasteiger partial charge on any atom is -0.408 e. The van der Waals surface area contributed by atoms with Crippen LogP contribution in [-0.4, -0.2) is 10.5 Å². The lowest BCUT2D eigenvalue weighted by molar-refractivity contribution is -0.122. The molecular weight excluding hydrogens is 376 g/mol. The van der Waals surface area contributed by atoms with E-state index in [0.29, 0.717) is 11.1 Å². The third kappa shape index (κ3) is 4.69. The number of nitrogens with one attached hydrogen (secondary N) is 1. The molecule has 4 aromatic rings. The summed E-state index contributed by atoms with van der Waals surface area (Å²) in [4.78, 5) is 25.0. The molecular formula is C25H24N2O3. The van der Waals surface area contributed by atoms with Gasteiger partial charge < -0.3 is 9.73 Å². The molecule has 0 radical (unpaired) electrons. The molecule has 0 spiro atoms. The number of rotatable bonds is 8. The van der Waals surface area contributed by atoms with E-state index in [-0.39, 0.29) is 18.5 Å². The van der Waals surface area contributed by atoms with E-state index in [1.165, 1.54) is 10.1 Å². The SMILES string of the molecule is O=C(Cn1c(=O)oc2ccccc21)NC(CCCc1ccccc1)c1ccccc1. The number of hydrogen-bond donors (Lipinski definition) is 1. The van der Waals surface area contributed by atoms with Crippen molar-refractivity contribution in [3.05, 3.63) is 107 Å². The molecule has 3 aromatic carbocycles. The summed E-state index contributed by atoms with van der Waals surface area (Å²) in [5.74, 6) is -0.732. The van der Waals surface area contributed by atoms with Gasteiger partial charge in [0.15, 0.2) is 5.58 Å². The monoisotopic (exact) mass is 400 g/mol. The van der Waals surface area contributed by atoms with E-state index in [1.54, 1.807) is 18.2 Å². The Morgan fingerprint density at radius 2 is 1.57 bits per heavy atom. The maximum absolute atomic E-state index is 12.8. The molecule has 1 N–H and O–H groups in total. The van der Waals surface area contributed by atoms with Crippen LogP contribution in [0.4, 0.5) is 0 Å². The minimum atomic E-state index is -0.522. The second-order valence-electron chi connectivity index (χ2n) is 7.33. The number of benzene rings is 3. The molecule has 1 heterocycles. The number of oxazole rings is 1. The summed E-state index contributed by atoms with van der Waals surface area (Å²) in [6, 6.07) is 27.3. The fourth-order valence-electron chi connectivity index (χ4n) is 3.71. The van der Waals surface area contributed by atoms with Gasteiger partial charge in [0.25, 0.3) is 0 Å². The zero-order valence-corrected chi connectivity index (χ0v) is 16.7. The Balaban J connectivity index is 1.46. The molecule has 0 bridgehead atoms. The Bertz CT molecular complexity index is 1160. The molecule has 4 rings (SSSR count). The number of amides is 1. The van der Waals surface area contributed by atoms with Gasteiger partial charge in [-0.1, -0.05) is 72.8 Å². The molecule has 0 aliphatic heterocycles. The molecule has 152 valence electrons. The lowest BCUT2D eigenvalue weighted by Crippen LogP contribution is -2.33. The Labute approximate surface area is 175 Å². The number of aromatic nitrogens is 1. The third-order valence-corrected chi connectivity index (χ3v) is 5.21. The van der Waals surface area contributed by atoms with E-state index in [9.17, 15) is 9.59 Å². The van der Waals surface area contributed by atoms with E-state index in [2.05, 4.69) is 17.4 Å². The smallest absolute Gasteiger partial charge is 0.408 e. The highest BCUT2D eigenvalue weighted by molar-refractivity contribution is 5.79. The Hall–Kier alpha value is -3.60. The molecule has 1 aromatic heterocycles. The van der Waals surface area contributed by atoms with E-state index < -0.39 is 5.76 Å². The van der Waals surface area contributed by atoms with Crippen molar-refractivity contribution in [2.75, 3.05) is 0 Å². The first-order valence-corrected chi connectivity index (χ1v) is 10.2. The van der Waals surface area contributed by atoms with Gasteiger partial charge in [-0.05, 0) is 42.5 Å². The van der Waals surface area contributed by atoms with Crippen LogP contribution in [0.15, 0.2) is 94.1 Å². The highest BCUT2D eigenvalue weighted by atomic mass is 16.4. The van der Waals surface area contributed by atoms with Gasteiger partial charge in [0.1, 0.15) is 6.54 Å². The van der Waals surface area contributed by atoms with Crippen LogP contribution < -0.4 is 11.1 Å². The molecule has 0 saturated heterocycles. The Kier molecular flexibility index (Phi) is 6.09. The Morgan fingerprint density at radius 1 is 0.900 bits per heavy atom. The molecule has 1 atom stereocenters. The largest absolute Gasteiger partial charge is 0.420 e. The van der Waals surface area contributed by atoms with Crippen LogP contribution in [-0.2, 0) is 17.8 Å². The quantitative estimate of drug-likeness (QED) is 0.474. The molecule has 0 aliphatic rings. The summed E-state index contributed by atoms with van der Waals surface area (Å²) in [6.07, 6.45) is 2.70. The number of carbonyl (C=O) groups is 1. The molecule has 0 fully saturated rings. The van der Waals surface area contributed by atoms with Crippen molar-refractivity contribution < 1.29 is 9.21 Å². The van der Waals surface area contributed by atoms with Gasteiger partial charge in [0, 0.05) is 0 Å². The average Bonchev–Trinajstić information content (AvgIpc) is 3.09. The van der Waals surface area contributed by atoms with E-state index in [0.717, 1.165) is 24.8 Å². The van der Waals surface area contributed by atoms with Crippen LogP contribution in [0, 0.1) is 0 Å². The number of fused-ring (bicyclic) bond motifs is 1. The fraction of sp³-hybridized carbons (Fsp3) is 0.200. The van der Waals surface area contributed by atoms with Crippen LogP contribution in [0.5, 0.6) is 0 Å². The summed E-state index contributed by atoms with van der Waals surface area (Å²) in [5.41, 5.74) is 3.45. The summed E-state index contributed by atoms with van der Waals surface area (Å²) in [6.45, 7) is -0.0716. The van der Waals surface area contributed by atoms with E-state index >= 15 is 0 Å². The van der Waals surface area contributed by atoms with E-state index in [4.69, 9.17) is 4.42 Å². The number of carbonyl (C=O) groups excluding carboxylic acids is 1. The first-order valence-electron chi connectivity index (χ1n) is 10.2. The second kappa shape index (κ2) is 9.27. The first kappa shape index (κ1) is 19.7. The van der Waals surface area contributed by atoms with Gasteiger partial charge in [-0.3, -0.25) is 9.36 Å². The molecule has 5 heteroatoms. The highest BCUT2D eigenvalue weighted by Gasteiger charge is 2.17. The number of aryl methyl sites for hydroxylation is 1. The van der Waals surface area contributed by atoms with Crippen molar-refractivity contribution in [2.45, 2.75) is 31.8 Å². The van der Waals surface area contributed by atoms with Crippen LogP contribution in [0.25, 0.3) is 11.1 Å². The fourth-order valence-corrected chi connectivity index (χ4v) is 3.71. The van der Waals surface area contributed by atoms with Gasteiger partial charge >= 0.3 is 5.76 Å². The van der Waals surface area contributed by atoms with Crippen LogP contribution >= 0.6 is 0 Å². The first-order chi connectivity index (χ1) is 14.7. The zero-order chi connectivity index (χ0) is 20.8. The molecule has 1 unspecified atom stereocenters. The minimum absolute atomic E-state index is 0.0716. The molecule has 30 heavy (non-hydrogen) atoms. The van der Waals surface area contributed by atoms with Crippen LogP contribution in [0.2, 0.25) is 0 Å². The average molecular weight is 400 g/mol. The van der Waals surface area contributed by atoms with Crippen molar-refractivity contribution in [3.8, 4) is 0 Å². The van der Waals surface area contributed by atoms with Crippen molar-refractivity contribution in [2.24, 2.45) is 0 Å². The third-order valence-electron chi connectivity index (χ3n) is 5.21. The standard InChI is InChI=1S/C25H24N2O3/c28-24(18-27-22-16-7-8-17-23(22)30-25(27)29)26-21(20-13-5-2-6-14-20)15-9-12-19-10-3-1-4-11-19/h1-8,10-11,13-14,16-17,21H,9,12,15,18H2,(H,26,28). The summed E-state index contributed by atoms with van der Waals surface area (Å²) < 4.78 is 6.60. The summed E-state index contributed by atoms with van der Waals surface area (Å²) >= 11 is 0. The van der Waals surface area contributed by atoms with Gasteiger partial charge in [0.05, 0.1) is 11.6 Å². The lowest BCUT2D eigenvalue weighted by atomic mass is 9.99. The zero-order valence-electron chi connectivity index (χ0n) is 16.7. The van der Waals surface area contributed by atoms with E-state index in [1.807, 2.05) is 54.6 Å². The highest BCUT2D eigenvalue weighted by Crippen LogP contribution is 2.20. The normalized spacial score (nSPS) is 12.0. The van der Waals surface area contributed by atoms with Crippen LogP contribution in [0.3, 0.4) is 0 Å². The van der Waals surface area contributed by atoms with Gasteiger partial charge in [-0.15, -0.1) is 0 Å². The van der Waals surface area contributed by atoms with Gasteiger partial charge in [-0.25, -0.2) is 4.79 Å². The van der Waals surface area contributed by atoms with Crippen LogP contribution in [0.1, 0.15) is 30.0 Å². The molecule has 5 nitrogen and oxygen atoms in total. The summed E-state index contributed by atoms with van der Waals surface area (Å²) in [7, 11) is 0. The predicted molar refractivity (Wildman–Crippen MR) is 117 cm³/mol. The van der Waals surface area contributed by atoms with Crippen molar-refractivity contribution in [1.82, 2.24) is 9.88 Å². The lowest BCUT2D eigenvalue weighted by Gasteiger charge is -2.19. The number of hydrogen-bond acceptors (Lipinski definition) is 3. The maximum Gasteiger partial charge on any atom is 0.420 e. The van der Waals surface area contributed by atoms with Crippen molar-refractivity contribution in [3.63, 3.8) is 0 Å². The van der Waals surface area contributed by atoms with Gasteiger partial charge in [0.2, 0.25) is 5.91 Å². The van der Waals surface area contributed by atoms with Gasteiger partial charge in [-0.2, -0.15) is 0 Å². The van der Waals surface area contributed by atoms with Crippen molar-refractivity contribution in [1.29, 1.82) is 0 Å². The summed E-state index contributed by atoms with van der Waals surface area (Å²) in [5, 5.41) is 3.11. The Morgan fingerprint density at radius 3 is 2.33 bits per heavy atom. The molecule has 1 amide bonds. The predicted octanol–water partition coefficient (Wildman–Crippen LogP) is 4.47. The number of nitrogens with zero attached hydrogens (tertiary/aromatic N) is 1. The number of para-hydroxylation sites is 2. The molecule has 0 aliphatic carbocycles. The van der Waals surface area contributed by atoms with Crippen molar-refractivity contribution >= 4 is 17.0 Å². The molecule has 0 saturated carbocycles. The maximum atomic E-state index is 12.8. The second-order valence-corrected chi connectivity index (χ2v) is 7.33.